The zero-order chi connectivity index (χ0) is 20.5. The number of thiophene rings is 1. The van der Waals surface area contributed by atoms with Crippen LogP contribution in [0.1, 0.15) is 48.7 Å². The minimum Gasteiger partial charge on any atom is -0.497 e. The van der Waals surface area contributed by atoms with E-state index in [9.17, 15) is 9.59 Å². The van der Waals surface area contributed by atoms with Crippen molar-refractivity contribution < 1.29 is 14.3 Å². The van der Waals surface area contributed by atoms with Crippen LogP contribution in [0.25, 0.3) is 0 Å². The van der Waals surface area contributed by atoms with Crippen LogP contribution < -0.4 is 4.74 Å². The number of ether oxygens (including phenoxy) is 1. The second kappa shape index (κ2) is 8.19. The molecule has 0 unspecified atom stereocenters. The van der Waals surface area contributed by atoms with Gasteiger partial charge < -0.3 is 14.5 Å². The lowest BCUT2D eigenvalue weighted by atomic mass is 9.93. The highest BCUT2D eigenvalue weighted by atomic mass is 32.1. The summed E-state index contributed by atoms with van der Waals surface area (Å²) in [6.07, 6.45) is 2.87. The average molecular weight is 413 g/mol. The summed E-state index contributed by atoms with van der Waals surface area (Å²) in [5.41, 5.74) is 2.28. The molecular weight excluding hydrogens is 384 g/mol. The van der Waals surface area contributed by atoms with Gasteiger partial charge in [0, 0.05) is 23.4 Å². The summed E-state index contributed by atoms with van der Waals surface area (Å²) in [6.45, 7) is 4.66. The first-order valence-electron chi connectivity index (χ1n) is 10.3. The number of benzene rings is 1. The molecule has 2 heterocycles. The minimum absolute atomic E-state index is 0.0311. The maximum absolute atomic E-state index is 13.4. The van der Waals surface area contributed by atoms with Crippen LogP contribution in [0.15, 0.2) is 35.7 Å². The van der Waals surface area contributed by atoms with E-state index in [1.807, 2.05) is 43.0 Å². The second-order valence-corrected chi connectivity index (χ2v) is 9.16. The zero-order valence-corrected chi connectivity index (χ0v) is 18.1. The third-order valence-electron chi connectivity index (χ3n) is 5.79. The van der Waals surface area contributed by atoms with Crippen molar-refractivity contribution in [2.75, 3.05) is 20.2 Å². The Bertz CT molecular complexity index is 886. The van der Waals surface area contributed by atoms with Gasteiger partial charge in [-0.05, 0) is 54.0 Å². The first-order valence-corrected chi connectivity index (χ1v) is 11.2. The molecule has 4 rings (SSSR count). The molecular formula is C23H28N2O3S. The lowest BCUT2D eigenvalue weighted by Crippen LogP contribution is -2.48. The summed E-state index contributed by atoms with van der Waals surface area (Å²) in [6, 6.07) is 10.2. The Labute approximate surface area is 176 Å². The Kier molecular flexibility index (Phi) is 5.63. The molecule has 5 nitrogen and oxygen atoms in total. The summed E-state index contributed by atoms with van der Waals surface area (Å²) >= 11 is 1.76. The van der Waals surface area contributed by atoms with Gasteiger partial charge in [-0.2, -0.15) is 0 Å². The summed E-state index contributed by atoms with van der Waals surface area (Å²) < 4.78 is 5.30. The van der Waals surface area contributed by atoms with Crippen molar-refractivity contribution in [1.82, 2.24) is 9.80 Å². The van der Waals surface area contributed by atoms with Crippen molar-refractivity contribution in [2.45, 2.75) is 45.2 Å². The van der Waals surface area contributed by atoms with Crippen molar-refractivity contribution in [1.29, 1.82) is 0 Å². The van der Waals surface area contributed by atoms with E-state index in [0.29, 0.717) is 6.54 Å². The quantitative estimate of drug-likeness (QED) is 0.724. The number of carbonyl (C=O) groups is 2. The smallest absolute Gasteiger partial charge is 0.243 e. The summed E-state index contributed by atoms with van der Waals surface area (Å²) in [7, 11) is 1.65. The zero-order valence-electron chi connectivity index (χ0n) is 17.3. The molecule has 1 aliphatic heterocycles. The van der Waals surface area contributed by atoms with E-state index in [4.69, 9.17) is 4.74 Å². The van der Waals surface area contributed by atoms with Crippen LogP contribution in [-0.4, -0.2) is 47.9 Å². The van der Waals surface area contributed by atoms with Gasteiger partial charge in [0.15, 0.2) is 0 Å². The third-order valence-corrected chi connectivity index (χ3v) is 6.78. The minimum atomic E-state index is -0.112. The van der Waals surface area contributed by atoms with Gasteiger partial charge >= 0.3 is 0 Å². The molecule has 29 heavy (non-hydrogen) atoms. The highest BCUT2D eigenvalue weighted by molar-refractivity contribution is 7.10. The van der Waals surface area contributed by atoms with Crippen LogP contribution in [0, 0.1) is 5.92 Å². The van der Waals surface area contributed by atoms with Gasteiger partial charge in [0.1, 0.15) is 12.3 Å². The van der Waals surface area contributed by atoms with Crippen molar-refractivity contribution in [3.63, 3.8) is 0 Å². The fourth-order valence-corrected chi connectivity index (χ4v) is 4.98. The SMILES string of the molecule is COc1ccc([C@H]2c3ccsc3CCN2C(=O)CN(C(=O)C(C)C)C2CC2)cc1. The van der Waals surface area contributed by atoms with E-state index in [1.165, 1.54) is 10.4 Å². The molecule has 154 valence electrons. The van der Waals surface area contributed by atoms with Crippen molar-refractivity contribution in [3.8, 4) is 5.75 Å². The number of hydrogen-bond donors (Lipinski definition) is 0. The maximum Gasteiger partial charge on any atom is 0.243 e. The fraction of sp³-hybridized carbons (Fsp3) is 0.478. The molecule has 0 saturated heterocycles. The average Bonchev–Trinajstić information content (AvgIpc) is 3.46. The molecule has 1 atom stereocenters. The largest absolute Gasteiger partial charge is 0.497 e. The highest BCUT2D eigenvalue weighted by Gasteiger charge is 2.38. The predicted molar refractivity (Wildman–Crippen MR) is 114 cm³/mol. The molecule has 2 aromatic rings. The van der Waals surface area contributed by atoms with Crippen LogP contribution in [-0.2, 0) is 16.0 Å². The van der Waals surface area contributed by atoms with Gasteiger partial charge in [-0.15, -0.1) is 11.3 Å². The molecule has 1 aromatic carbocycles. The Balaban J connectivity index is 1.62. The maximum atomic E-state index is 13.4. The van der Waals surface area contributed by atoms with Gasteiger partial charge in [0.25, 0.3) is 0 Å². The van der Waals surface area contributed by atoms with E-state index in [2.05, 4.69) is 11.4 Å². The summed E-state index contributed by atoms with van der Waals surface area (Å²) in [5.74, 6) is 0.819. The molecule has 2 amide bonds. The number of hydrogen-bond acceptors (Lipinski definition) is 4. The van der Waals surface area contributed by atoms with Crippen LogP contribution >= 0.6 is 11.3 Å². The van der Waals surface area contributed by atoms with Crippen LogP contribution in [0.4, 0.5) is 0 Å². The molecule has 6 heteroatoms. The lowest BCUT2D eigenvalue weighted by Gasteiger charge is -2.38. The van der Waals surface area contributed by atoms with E-state index in [1.54, 1.807) is 23.3 Å². The molecule has 1 aromatic heterocycles. The summed E-state index contributed by atoms with van der Waals surface area (Å²) in [4.78, 5) is 31.2. The van der Waals surface area contributed by atoms with Crippen LogP contribution in [0.3, 0.4) is 0 Å². The molecule has 2 aliphatic rings. The topological polar surface area (TPSA) is 49.9 Å². The Hall–Kier alpha value is -2.34. The molecule has 0 N–H and O–H groups in total. The molecule has 1 fully saturated rings. The van der Waals surface area contributed by atoms with Gasteiger partial charge in [0.2, 0.25) is 11.8 Å². The predicted octanol–water partition coefficient (Wildman–Crippen LogP) is 3.88. The van der Waals surface area contributed by atoms with Gasteiger partial charge in [-0.3, -0.25) is 9.59 Å². The number of rotatable bonds is 6. The first kappa shape index (κ1) is 20.0. The van der Waals surface area contributed by atoms with Crippen molar-refractivity contribution >= 4 is 23.2 Å². The van der Waals surface area contributed by atoms with Gasteiger partial charge in [-0.1, -0.05) is 26.0 Å². The highest BCUT2D eigenvalue weighted by Crippen LogP contribution is 2.38. The van der Waals surface area contributed by atoms with Crippen LogP contribution in [0.5, 0.6) is 5.75 Å². The first-order chi connectivity index (χ1) is 14.0. The lowest BCUT2D eigenvalue weighted by molar-refractivity contribution is -0.144. The molecule has 0 radical (unpaired) electrons. The summed E-state index contributed by atoms with van der Waals surface area (Å²) in [5, 5.41) is 2.11. The van der Waals surface area contributed by atoms with Crippen molar-refractivity contribution in [3.05, 3.63) is 51.7 Å². The van der Waals surface area contributed by atoms with E-state index < -0.39 is 0 Å². The van der Waals surface area contributed by atoms with E-state index >= 15 is 0 Å². The Morgan fingerprint density at radius 1 is 1.21 bits per heavy atom. The number of methoxy groups -OCH3 is 1. The van der Waals surface area contributed by atoms with Gasteiger partial charge in [-0.25, -0.2) is 0 Å². The number of nitrogens with zero attached hydrogens (tertiary/aromatic N) is 2. The molecule has 0 spiro atoms. The van der Waals surface area contributed by atoms with Gasteiger partial charge in [0.05, 0.1) is 13.2 Å². The van der Waals surface area contributed by atoms with E-state index in [0.717, 1.165) is 30.6 Å². The third kappa shape index (κ3) is 4.04. The molecule has 1 saturated carbocycles. The number of amides is 2. The normalized spacial score (nSPS) is 18.5. The van der Waals surface area contributed by atoms with E-state index in [-0.39, 0.29) is 36.4 Å². The van der Waals surface area contributed by atoms with Crippen LogP contribution in [0.2, 0.25) is 0 Å². The molecule has 1 aliphatic carbocycles. The fourth-order valence-electron chi connectivity index (χ4n) is 4.07. The number of carbonyl (C=O) groups excluding carboxylic acids is 2. The molecule has 0 bridgehead atoms. The number of fused-ring (bicyclic) bond motifs is 1. The van der Waals surface area contributed by atoms with Crippen molar-refractivity contribution in [2.24, 2.45) is 5.92 Å². The Morgan fingerprint density at radius 3 is 2.55 bits per heavy atom. The Morgan fingerprint density at radius 2 is 1.93 bits per heavy atom. The monoisotopic (exact) mass is 412 g/mol. The second-order valence-electron chi connectivity index (χ2n) is 8.16. The standard InChI is InChI=1S/C23H28N2O3S/c1-15(2)23(27)25(17-6-7-17)14-21(26)24-12-10-20-19(11-13-29-20)22(24)16-4-8-18(28-3)9-5-16/h4-5,8-9,11,13,15,17,22H,6-7,10,12,14H2,1-3H3/t22-/m0/s1.